The zero-order valence-corrected chi connectivity index (χ0v) is 10.9. The molecule has 0 aromatic rings. The molecule has 1 aliphatic carbocycles. The Morgan fingerprint density at radius 1 is 1.35 bits per heavy atom. The molecule has 98 valence electrons. The quantitative estimate of drug-likeness (QED) is 0.590. The highest BCUT2D eigenvalue weighted by atomic mass is 16.6. The van der Waals surface area contributed by atoms with Crippen LogP contribution in [0.15, 0.2) is 0 Å². The lowest BCUT2D eigenvalue weighted by Crippen LogP contribution is -2.44. The summed E-state index contributed by atoms with van der Waals surface area (Å²) in [5, 5.41) is 9.24. The fourth-order valence-electron chi connectivity index (χ4n) is 2.18. The van der Waals surface area contributed by atoms with Gasteiger partial charge in [-0.3, -0.25) is 9.59 Å². The van der Waals surface area contributed by atoms with E-state index in [1.54, 1.807) is 0 Å². The molecule has 0 bridgehead atoms. The van der Waals surface area contributed by atoms with Crippen LogP contribution in [0.5, 0.6) is 0 Å². The van der Waals surface area contributed by atoms with E-state index in [2.05, 4.69) is 0 Å². The van der Waals surface area contributed by atoms with Crippen LogP contribution in [0.2, 0.25) is 0 Å². The molecule has 0 aromatic heterocycles. The lowest BCUT2D eigenvalue weighted by atomic mass is 9.87. The Bertz CT molecular complexity index is 305. The number of aliphatic hydroxyl groups is 1. The van der Waals surface area contributed by atoms with E-state index in [0.29, 0.717) is 0 Å². The molecule has 0 aliphatic heterocycles. The topological polar surface area (TPSA) is 63.6 Å². The third-order valence-corrected chi connectivity index (χ3v) is 4.01. The normalized spacial score (nSPS) is 21.9. The number of Topliss-reactive ketones (excluding diaryl/α,β-unsaturated/α-hetero) is 1. The van der Waals surface area contributed by atoms with Crippen molar-refractivity contribution < 1.29 is 19.4 Å². The molecule has 1 aliphatic rings. The maximum absolute atomic E-state index is 12.1. The first kappa shape index (κ1) is 14.2. The molecule has 4 heteroatoms. The van der Waals surface area contributed by atoms with Crippen LogP contribution >= 0.6 is 0 Å². The fraction of sp³-hybridized carbons (Fsp3) is 0.846. The van der Waals surface area contributed by atoms with Gasteiger partial charge in [-0.15, -0.1) is 0 Å². The molecule has 17 heavy (non-hydrogen) atoms. The van der Waals surface area contributed by atoms with Crippen LogP contribution in [-0.4, -0.2) is 29.1 Å². The highest BCUT2D eigenvalue weighted by molar-refractivity contribution is 6.02. The Morgan fingerprint density at radius 3 is 2.24 bits per heavy atom. The van der Waals surface area contributed by atoms with Gasteiger partial charge in [-0.2, -0.15) is 0 Å². The van der Waals surface area contributed by atoms with E-state index in [1.165, 1.54) is 13.8 Å². The van der Waals surface area contributed by atoms with Gasteiger partial charge in [-0.1, -0.05) is 6.92 Å². The zero-order valence-electron chi connectivity index (χ0n) is 10.9. The van der Waals surface area contributed by atoms with Gasteiger partial charge in [0.1, 0.15) is 16.8 Å². The van der Waals surface area contributed by atoms with Gasteiger partial charge in [-0.25, -0.2) is 0 Å². The van der Waals surface area contributed by atoms with Gasteiger partial charge in [0.05, 0.1) is 6.61 Å². The third-order valence-electron chi connectivity index (χ3n) is 4.01. The van der Waals surface area contributed by atoms with Gasteiger partial charge in [0, 0.05) is 0 Å². The summed E-state index contributed by atoms with van der Waals surface area (Å²) in [7, 11) is 0. The Kier molecular flexibility index (Phi) is 4.31. The monoisotopic (exact) mass is 242 g/mol. The molecule has 4 nitrogen and oxygen atoms in total. The van der Waals surface area contributed by atoms with Crippen molar-refractivity contribution in [3.63, 3.8) is 0 Å². The highest BCUT2D eigenvalue weighted by Gasteiger charge is 2.44. The minimum atomic E-state index is -1.41. The smallest absolute Gasteiger partial charge is 0.322 e. The van der Waals surface area contributed by atoms with Crippen LogP contribution in [0.3, 0.4) is 0 Å². The van der Waals surface area contributed by atoms with E-state index in [9.17, 15) is 14.7 Å². The molecule has 0 spiro atoms. The van der Waals surface area contributed by atoms with E-state index < -0.39 is 23.6 Å². The first-order valence-corrected chi connectivity index (χ1v) is 6.25. The molecule has 1 N–H and O–H groups in total. The number of carbonyl (C=O) groups excluding carboxylic acids is 2. The van der Waals surface area contributed by atoms with Gasteiger partial charge in [0.2, 0.25) is 0 Å². The minimum Gasteiger partial charge on any atom is -0.458 e. The van der Waals surface area contributed by atoms with E-state index in [4.69, 9.17) is 4.74 Å². The lowest BCUT2D eigenvalue weighted by molar-refractivity contribution is -0.175. The summed E-state index contributed by atoms with van der Waals surface area (Å²) < 4.78 is 5.55. The van der Waals surface area contributed by atoms with Crippen molar-refractivity contribution in [2.24, 2.45) is 5.41 Å². The summed E-state index contributed by atoms with van der Waals surface area (Å²) in [6.07, 6.45) is 4.58. The van der Waals surface area contributed by atoms with Gasteiger partial charge in [0.15, 0.2) is 0 Å². The second kappa shape index (κ2) is 5.17. The van der Waals surface area contributed by atoms with Gasteiger partial charge in [-0.05, 0) is 46.0 Å². The molecule has 1 atom stereocenters. The van der Waals surface area contributed by atoms with Crippen molar-refractivity contribution in [3.8, 4) is 0 Å². The molecule has 1 saturated carbocycles. The first-order valence-electron chi connectivity index (χ1n) is 6.25. The Hall–Kier alpha value is -0.900. The molecule has 0 radical (unpaired) electrons. The number of esters is 1. The Morgan fingerprint density at radius 2 is 1.88 bits per heavy atom. The van der Waals surface area contributed by atoms with Crippen LogP contribution in [0, 0.1) is 5.41 Å². The summed E-state index contributed by atoms with van der Waals surface area (Å²) in [5.41, 5.74) is -1.83. The van der Waals surface area contributed by atoms with Gasteiger partial charge in [0.25, 0.3) is 0 Å². The average molecular weight is 242 g/mol. The molecule has 0 saturated heterocycles. The van der Waals surface area contributed by atoms with Crippen molar-refractivity contribution >= 4 is 11.8 Å². The second-order valence-electron chi connectivity index (χ2n) is 5.18. The summed E-state index contributed by atoms with van der Waals surface area (Å²) in [6.45, 7) is 4.24. The van der Waals surface area contributed by atoms with Crippen molar-refractivity contribution in [1.29, 1.82) is 0 Å². The predicted octanol–water partition coefficient (Wildman–Crippen LogP) is 1.84. The highest BCUT2D eigenvalue weighted by Crippen LogP contribution is 2.37. The number of aliphatic hydroxyl groups excluding tert-OH is 1. The minimum absolute atomic E-state index is 0.353. The van der Waals surface area contributed by atoms with Crippen molar-refractivity contribution in [2.75, 3.05) is 6.61 Å². The van der Waals surface area contributed by atoms with Gasteiger partial charge < -0.3 is 9.84 Å². The maximum atomic E-state index is 12.1. The third kappa shape index (κ3) is 2.68. The van der Waals surface area contributed by atoms with Crippen LogP contribution in [0.1, 0.15) is 52.9 Å². The molecule has 0 aromatic carbocycles. The molecular weight excluding hydrogens is 220 g/mol. The molecule has 0 heterocycles. The Balaban J connectivity index is 2.80. The number of hydrogen-bond donors (Lipinski definition) is 1. The van der Waals surface area contributed by atoms with Crippen LogP contribution < -0.4 is 0 Å². The number of hydrogen-bond acceptors (Lipinski definition) is 4. The number of ketones is 1. The first-order chi connectivity index (χ1) is 7.90. The predicted molar refractivity (Wildman–Crippen MR) is 63.5 cm³/mol. The van der Waals surface area contributed by atoms with Crippen molar-refractivity contribution in [3.05, 3.63) is 0 Å². The van der Waals surface area contributed by atoms with Crippen molar-refractivity contribution in [1.82, 2.24) is 0 Å². The summed E-state index contributed by atoms with van der Waals surface area (Å²) in [4.78, 5) is 23.5. The van der Waals surface area contributed by atoms with Gasteiger partial charge >= 0.3 is 5.97 Å². The Labute approximate surface area is 102 Å². The number of ether oxygens (including phenoxy) is 1. The molecular formula is C13H22O4. The van der Waals surface area contributed by atoms with Crippen LogP contribution in [0.4, 0.5) is 0 Å². The van der Waals surface area contributed by atoms with E-state index in [1.807, 2.05) is 6.92 Å². The molecule has 0 amide bonds. The number of rotatable bonds is 5. The van der Waals surface area contributed by atoms with Crippen molar-refractivity contribution in [2.45, 2.75) is 58.5 Å². The molecule has 1 rings (SSSR count). The maximum Gasteiger partial charge on any atom is 0.322 e. The largest absolute Gasteiger partial charge is 0.458 e. The summed E-state index contributed by atoms with van der Waals surface area (Å²) in [5.74, 6) is -0.939. The molecule has 1 unspecified atom stereocenters. The second-order valence-corrected chi connectivity index (χ2v) is 5.18. The standard InChI is InChI=1S/C13H22O4/c1-4-13(7-5-6-8-13)17-11(16)12(3,9-14)10(2)15/h14H,4-9H2,1-3H3. The van der Waals surface area contributed by atoms with E-state index in [-0.39, 0.29) is 5.78 Å². The van der Waals surface area contributed by atoms with Crippen LogP contribution in [-0.2, 0) is 14.3 Å². The van der Waals surface area contributed by atoms with E-state index in [0.717, 1.165) is 32.1 Å². The molecule has 1 fully saturated rings. The number of carbonyl (C=O) groups is 2. The van der Waals surface area contributed by atoms with Crippen LogP contribution in [0.25, 0.3) is 0 Å². The van der Waals surface area contributed by atoms with E-state index >= 15 is 0 Å². The SMILES string of the molecule is CCC1(OC(=O)C(C)(CO)C(C)=O)CCCC1. The fourth-order valence-corrected chi connectivity index (χ4v) is 2.18. The summed E-state index contributed by atoms with van der Waals surface area (Å²) >= 11 is 0. The summed E-state index contributed by atoms with van der Waals surface area (Å²) in [6, 6.07) is 0. The lowest BCUT2D eigenvalue weighted by Gasteiger charge is -2.32. The zero-order chi connectivity index (χ0) is 13.1. The average Bonchev–Trinajstić information content (AvgIpc) is 2.76.